The van der Waals surface area contributed by atoms with E-state index < -0.39 is 0 Å². The lowest BCUT2D eigenvalue weighted by molar-refractivity contribution is -0.130. The lowest BCUT2D eigenvalue weighted by Gasteiger charge is -2.20. The van der Waals surface area contributed by atoms with Crippen molar-refractivity contribution >= 4 is 35.8 Å². The molecule has 0 unspecified atom stereocenters. The molecule has 8 heteroatoms. The molecule has 1 fully saturated rings. The summed E-state index contributed by atoms with van der Waals surface area (Å²) in [5.41, 5.74) is 4.31. The van der Waals surface area contributed by atoms with Crippen molar-refractivity contribution in [3.8, 4) is 5.69 Å². The molecule has 0 bridgehead atoms. The number of nitrogens with one attached hydrogen (secondary N) is 2. The summed E-state index contributed by atoms with van der Waals surface area (Å²) in [4.78, 5) is 19.0. The Morgan fingerprint density at radius 1 is 1.16 bits per heavy atom. The zero-order valence-electron chi connectivity index (χ0n) is 19.6. The normalized spacial score (nSPS) is 14.7. The summed E-state index contributed by atoms with van der Waals surface area (Å²) in [5, 5.41) is 11.4. The number of hydrogen-bond donors (Lipinski definition) is 2. The number of amides is 1. The van der Waals surface area contributed by atoms with Crippen LogP contribution in [-0.2, 0) is 11.3 Å². The standard InChI is InChI=1S/C24H36N6O.HI/c1-4-25-24(26-14-10-16-29-15-9-5-6-13-23(29)31)27-18-21-11-7-8-12-22(21)30-20(3)17-19(2)28-30;/h7-8,11-12,17H,4-6,9-10,13-16,18H2,1-3H3,(H2,25,26,27);1H. The Balaban J connectivity index is 0.00000363. The maximum Gasteiger partial charge on any atom is 0.222 e. The summed E-state index contributed by atoms with van der Waals surface area (Å²) < 4.78 is 1.98. The molecule has 1 saturated heterocycles. The van der Waals surface area contributed by atoms with Gasteiger partial charge in [0.25, 0.3) is 0 Å². The van der Waals surface area contributed by atoms with E-state index in [9.17, 15) is 4.79 Å². The van der Waals surface area contributed by atoms with Crippen molar-refractivity contribution in [1.82, 2.24) is 25.3 Å². The highest BCUT2D eigenvalue weighted by atomic mass is 127. The van der Waals surface area contributed by atoms with Crippen LogP contribution in [0, 0.1) is 13.8 Å². The van der Waals surface area contributed by atoms with Crippen LogP contribution in [0.5, 0.6) is 0 Å². The fourth-order valence-corrected chi connectivity index (χ4v) is 3.98. The van der Waals surface area contributed by atoms with Crippen LogP contribution < -0.4 is 10.6 Å². The molecule has 7 nitrogen and oxygen atoms in total. The average molecular weight is 553 g/mol. The number of rotatable bonds is 8. The summed E-state index contributed by atoms with van der Waals surface area (Å²) in [6, 6.07) is 10.3. The van der Waals surface area contributed by atoms with Gasteiger partial charge in [0.15, 0.2) is 5.96 Å². The number of para-hydroxylation sites is 1. The van der Waals surface area contributed by atoms with E-state index in [1.165, 1.54) is 0 Å². The van der Waals surface area contributed by atoms with Gasteiger partial charge < -0.3 is 15.5 Å². The Hall–Kier alpha value is -2.10. The van der Waals surface area contributed by atoms with Crippen molar-refractivity contribution in [2.24, 2.45) is 4.99 Å². The first-order valence-corrected chi connectivity index (χ1v) is 11.5. The number of benzene rings is 1. The van der Waals surface area contributed by atoms with Gasteiger partial charge in [0.2, 0.25) is 5.91 Å². The minimum Gasteiger partial charge on any atom is -0.357 e. The summed E-state index contributed by atoms with van der Waals surface area (Å²) in [6.07, 6.45) is 4.93. The van der Waals surface area contributed by atoms with Crippen molar-refractivity contribution in [3.63, 3.8) is 0 Å². The number of nitrogens with zero attached hydrogens (tertiary/aromatic N) is 4. The van der Waals surface area contributed by atoms with Crippen LogP contribution in [0.15, 0.2) is 35.3 Å². The predicted molar refractivity (Wildman–Crippen MR) is 141 cm³/mol. The summed E-state index contributed by atoms with van der Waals surface area (Å²) in [6.45, 7) is 10.0. The minimum absolute atomic E-state index is 0. The Bertz CT molecular complexity index is 894. The number of aliphatic imine (C=N–C) groups is 1. The second-order valence-corrected chi connectivity index (χ2v) is 8.13. The van der Waals surface area contributed by atoms with Gasteiger partial charge in [-0.05, 0) is 57.7 Å². The van der Waals surface area contributed by atoms with E-state index in [1.807, 2.05) is 28.6 Å². The smallest absolute Gasteiger partial charge is 0.222 e. The highest BCUT2D eigenvalue weighted by molar-refractivity contribution is 14.0. The fourth-order valence-electron chi connectivity index (χ4n) is 3.98. The van der Waals surface area contributed by atoms with E-state index >= 15 is 0 Å². The molecular formula is C24H37IN6O. The summed E-state index contributed by atoms with van der Waals surface area (Å²) >= 11 is 0. The van der Waals surface area contributed by atoms with E-state index in [0.717, 1.165) is 80.5 Å². The van der Waals surface area contributed by atoms with Crippen molar-refractivity contribution in [3.05, 3.63) is 47.3 Å². The molecule has 0 saturated carbocycles. The second-order valence-electron chi connectivity index (χ2n) is 8.13. The Morgan fingerprint density at radius 2 is 1.97 bits per heavy atom. The van der Waals surface area contributed by atoms with Crippen LogP contribution in [0.1, 0.15) is 56.0 Å². The Morgan fingerprint density at radius 3 is 2.72 bits per heavy atom. The molecule has 176 valence electrons. The molecule has 32 heavy (non-hydrogen) atoms. The second kappa shape index (κ2) is 13.4. The monoisotopic (exact) mass is 552 g/mol. The third-order valence-corrected chi connectivity index (χ3v) is 5.55. The van der Waals surface area contributed by atoms with E-state index in [1.54, 1.807) is 0 Å². The van der Waals surface area contributed by atoms with Crippen LogP contribution in [0.3, 0.4) is 0 Å². The third kappa shape index (κ3) is 7.50. The lowest BCUT2D eigenvalue weighted by atomic mass is 10.2. The van der Waals surface area contributed by atoms with Gasteiger partial charge in [-0.25, -0.2) is 9.67 Å². The van der Waals surface area contributed by atoms with Gasteiger partial charge in [-0.15, -0.1) is 24.0 Å². The van der Waals surface area contributed by atoms with Gasteiger partial charge in [-0.2, -0.15) is 5.10 Å². The maximum absolute atomic E-state index is 12.1. The minimum atomic E-state index is 0. The molecule has 2 heterocycles. The van der Waals surface area contributed by atoms with Crippen LogP contribution in [0.2, 0.25) is 0 Å². The molecule has 1 aromatic carbocycles. The van der Waals surface area contributed by atoms with Crippen molar-refractivity contribution in [2.75, 3.05) is 26.2 Å². The molecule has 0 atom stereocenters. The molecule has 1 amide bonds. The van der Waals surface area contributed by atoms with Crippen LogP contribution >= 0.6 is 24.0 Å². The number of aryl methyl sites for hydroxylation is 2. The lowest BCUT2D eigenvalue weighted by Crippen LogP contribution is -2.39. The first kappa shape index (κ1) is 26.2. The number of guanidine groups is 1. The number of halogens is 1. The van der Waals surface area contributed by atoms with Crippen LogP contribution in [0.25, 0.3) is 5.69 Å². The van der Waals surface area contributed by atoms with E-state index in [4.69, 9.17) is 4.99 Å². The van der Waals surface area contributed by atoms with Crippen molar-refractivity contribution < 1.29 is 4.79 Å². The van der Waals surface area contributed by atoms with Crippen molar-refractivity contribution in [1.29, 1.82) is 0 Å². The predicted octanol–water partition coefficient (Wildman–Crippen LogP) is 3.95. The molecule has 3 rings (SSSR count). The first-order valence-electron chi connectivity index (χ1n) is 11.5. The molecule has 1 aromatic heterocycles. The number of likely N-dealkylation sites (tertiary alicyclic amines) is 1. The van der Waals surface area contributed by atoms with E-state index in [2.05, 4.69) is 47.8 Å². The number of carbonyl (C=O) groups excluding carboxylic acids is 1. The zero-order chi connectivity index (χ0) is 22.1. The van der Waals surface area contributed by atoms with E-state index in [0.29, 0.717) is 18.9 Å². The fraction of sp³-hybridized carbons (Fsp3) is 0.542. The number of aromatic nitrogens is 2. The molecule has 0 spiro atoms. The molecule has 0 radical (unpaired) electrons. The van der Waals surface area contributed by atoms with Crippen molar-refractivity contribution in [2.45, 2.75) is 59.4 Å². The maximum atomic E-state index is 12.1. The van der Waals surface area contributed by atoms with Crippen LogP contribution in [-0.4, -0.2) is 52.7 Å². The molecular weight excluding hydrogens is 515 g/mol. The van der Waals surface area contributed by atoms with Gasteiger partial charge in [0.05, 0.1) is 17.9 Å². The molecule has 2 aromatic rings. The number of carbonyl (C=O) groups is 1. The topological polar surface area (TPSA) is 74.6 Å². The van der Waals surface area contributed by atoms with Crippen LogP contribution in [0.4, 0.5) is 0 Å². The van der Waals surface area contributed by atoms with Gasteiger partial charge in [0, 0.05) is 38.3 Å². The first-order chi connectivity index (χ1) is 15.1. The molecule has 1 aliphatic heterocycles. The zero-order valence-corrected chi connectivity index (χ0v) is 21.9. The largest absolute Gasteiger partial charge is 0.357 e. The highest BCUT2D eigenvalue weighted by Gasteiger charge is 2.15. The molecule has 0 aliphatic carbocycles. The SMILES string of the molecule is CCNC(=NCc1ccccc1-n1nc(C)cc1C)NCCCN1CCCCCC1=O.I. The van der Waals surface area contributed by atoms with Gasteiger partial charge >= 0.3 is 0 Å². The quantitative estimate of drug-likeness (QED) is 0.225. The van der Waals surface area contributed by atoms with E-state index in [-0.39, 0.29) is 24.0 Å². The van der Waals surface area contributed by atoms with Gasteiger partial charge in [0.1, 0.15) is 0 Å². The summed E-state index contributed by atoms with van der Waals surface area (Å²) in [5.74, 6) is 1.10. The number of hydrogen-bond acceptors (Lipinski definition) is 3. The molecule has 1 aliphatic rings. The Kier molecular flexibility index (Phi) is 11.0. The van der Waals surface area contributed by atoms with Gasteiger partial charge in [-0.1, -0.05) is 24.6 Å². The third-order valence-electron chi connectivity index (χ3n) is 5.55. The molecule has 2 N–H and O–H groups in total. The highest BCUT2D eigenvalue weighted by Crippen LogP contribution is 2.18. The summed E-state index contributed by atoms with van der Waals surface area (Å²) in [7, 11) is 0. The average Bonchev–Trinajstić information content (AvgIpc) is 2.96. The Labute approximate surface area is 209 Å². The van der Waals surface area contributed by atoms with Gasteiger partial charge in [-0.3, -0.25) is 4.79 Å².